The van der Waals surface area contributed by atoms with Crippen LogP contribution < -0.4 is 0 Å². The summed E-state index contributed by atoms with van der Waals surface area (Å²) in [6, 6.07) is 8.69. The Kier molecular flexibility index (Phi) is 2.13. The monoisotopic (exact) mass is 217 g/mol. The van der Waals surface area contributed by atoms with E-state index in [1.54, 1.807) is 0 Å². The van der Waals surface area contributed by atoms with Gasteiger partial charge in [0.1, 0.15) is 5.60 Å². The molecule has 0 saturated carbocycles. The Labute approximate surface area is 95.0 Å². The highest BCUT2D eigenvalue weighted by Gasteiger charge is 2.44. The number of carbonyl (C=O) groups is 1. The van der Waals surface area contributed by atoms with Crippen molar-refractivity contribution in [2.75, 3.05) is 6.54 Å². The van der Waals surface area contributed by atoms with Crippen molar-refractivity contribution < 1.29 is 9.63 Å². The minimum Gasteiger partial charge on any atom is -0.300 e. The molecule has 2 atom stereocenters. The molecule has 3 heteroatoms. The van der Waals surface area contributed by atoms with Gasteiger partial charge >= 0.3 is 0 Å². The smallest absolute Gasteiger partial charge is 0.153 e. The molecule has 1 aromatic rings. The fraction of sp³-hybridized carbons (Fsp3) is 0.462. The maximum Gasteiger partial charge on any atom is 0.153 e. The van der Waals surface area contributed by atoms with Gasteiger partial charge in [-0.1, -0.05) is 24.3 Å². The van der Waals surface area contributed by atoms with E-state index < -0.39 is 5.60 Å². The zero-order chi connectivity index (χ0) is 11.2. The van der Waals surface area contributed by atoms with Gasteiger partial charge in [-0.2, -0.15) is 5.06 Å². The van der Waals surface area contributed by atoms with Crippen LogP contribution in [0.25, 0.3) is 0 Å². The highest BCUT2D eigenvalue weighted by atomic mass is 16.7. The van der Waals surface area contributed by atoms with Crippen LogP contribution in [0.2, 0.25) is 0 Å². The van der Waals surface area contributed by atoms with Crippen LogP contribution in [0.3, 0.4) is 0 Å². The third kappa shape index (κ3) is 1.39. The second kappa shape index (κ2) is 3.40. The van der Waals surface area contributed by atoms with Gasteiger partial charge in [0.25, 0.3) is 0 Å². The van der Waals surface area contributed by atoms with Gasteiger partial charge in [0.15, 0.2) is 6.29 Å². The molecule has 0 amide bonds. The SMILES string of the molecule is C[C@@]1(C=O)C[C@@H]2c3ccccc3CCN2O1. The van der Waals surface area contributed by atoms with Crippen molar-refractivity contribution in [3.63, 3.8) is 0 Å². The van der Waals surface area contributed by atoms with Gasteiger partial charge in [-0.25, -0.2) is 0 Å². The number of hydrogen-bond donors (Lipinski definition) is 0. The zero-order valence-electron chi connectivity index (χ0n) is 9.35. The Morgan fingerprint density at radius 3 is 3.12 bits per heavy atom. The van der Waals surface area contributed by atoms with Crippen LogP contribution in [0.15, 0.2) is 24.3 Å². The second-order valence-electron chi connectivity index (χ2n) is 4.83. The highest BCUT2D eigenvalue weighted by molar-refractivity contribution is 5.62. The van der Waals surface area contributed by atoms with Crippen molar-refractivity contribution >= 4 is 6.29 Å². The number of carbonyl (C=O) groups excluding carboxylic acids is 1. The molecule has 2 aliphatic rings. The van der Waals surface area contributed by atoms with E-state index in [1.165, 1.54) is 11.1 Å². The van der Waals surface area contributed by atoms with E-state index in [9.17, 15) is 4.79 Å². The predicted molar refractivity (Wildman–Crippen MR) is 59.8 cm³/mol. The Balaban J connectivity index is 1.99. The lowest BCUT2D eigenvalue weighted by Gasteiger charge is -2.29. The Hall–Kier alpha value is -1.19. The average molecular weight is 217 g/mol. The fourth-order valence-electron chi connectivity index (χ4n) is 2.71. The summed E-state index contributed by atoms with van der Waals surface area (Å²) in [5.41, 5.74) is 2.07. The molecule has 3 nitrogen and oxygen atoms in total. The van der Waals surface area contributed by atoms with Crippen LogP contribution in [0, 0.1) is 0 Å². The molecule has 84 valence electrons. The summed E-state index contributed by atoms with van der Waals surface area (Å²) < 4.78 is 0. The van der Waals surface area contributed by atoms with Gasteiger partial charge in [0.2, 0.25) is 0 Å². The molecular formula is C13H15NO2. The molecule has 3 rings (SSSR count). The van der Waals surface area contributed by atoms with E-state index in [4.69, 9.17) is 4.84 Å². The van der Waals surface area contributed by atoms with Crippen LogP contribution in [0.4, 0.5) is 0 Å². The van der Waals surface area contributed by atoms with Crippen molar-refractivity contribution in [3.8, 4) is 0 Å². The molecule has 1 fully saturated rings. The number of fused-ring (bicyclic) bond motifs is 3. The summed E-state index contributed by atoms with van der Waals surface area (Å²) in [6.07, 6.45) is 2.68. The van der Waals surface area contributed by atoms with E-state index in [1.807, 2.05) is 12.0 Å². The standard InChI is InChI=1S/C13H15NO2/c1-13(9-15)8-12-11-5-3-2-4-10(11)6-7-14(12)16-13/h2-5,9,12H,6-8H2,1H3/t12-,13+/m1/s1. The van der Waals surface area contributed by atoms with Crippen LogP contribution >= 0.6 is 0 Å². The Morgan fingerprint density at radius 2 is 2.31 bits per heavy atom. The van der Waals surface area contributed by atoms with Gasteiger partial charge in [-0.15, -0.1) is 0 Å². The molecule has 1 saturated heterocycles. The highest BCUT2D eigenvalue weighted by Crippen LogP contribution is 2.42. The van der Waals surface area contributed by atoms with Gasteiger partial charge in [-0.3, -0.25) is 4.84 Å². The minimum atomic E-state index is -0.637. The number of hydrogen-bond acceptors (Lipinski definition) is 3. The van der Waals surface area contributed by atoms with Crippen molar-refractivity contribution in [2.24, 2.45) is 0 Å². The largest absolute Gasteiger partial charge is 0.300 e. The van der Waals surface area contributed by atoms with Crippen LogP contribution in [-0.4, -0.2) is 23.5 Å². The normalized spacial score (nSPS) is 33.2. The van der Waals surface area contributed by atoms with Gasteiger partial charge in [0, 0.05) is 13.0 Å². The third-order valence-corrected chi connectivity index (χ3v) is 3.54. The van der Waals surface area contributed by atoms with Crippen molar-refractivity contribution in [3.05, 3.63) is 35.4 Å². The summed E-state index contributed by atoms with van der Waals surface area (Å²) in [4.78, 5) is 16.8. The number of nitrogens with zero attached hydrogens (tertiary/aromatic N) is 1. The molecule has 2 heterocycles. The van der Waals surface area contributed by atoms with E-state index >= 15 is 0 Å². The van der Waals surface area contributed by atoms with E-state index in [-0.39, 0.29) is 6.04 Å². The zero-order valence-corrected chi connectivity index (χ0v) is 9.35. The molecule has 0 spiro atoms. The third-order valence-electron chi connectivity index (χ3n) is 3.54. The lowest BCUT2D eigenvalue weighted by molar-refractivity contribution is -0.196. The number of rotatable bonds is 1. The Bertz CT molecular complexity index is 432. The first-order chi connectivity index (χ1) is 7.72. The molecular weight excluding hydrogens is 202 g/mol. The van der Waals surface area contributed by atoms with E-state index in [2.05, 4.69) is 24.3 Å². The fourth-order valence-corrected chi connectivity index (χ4v) is 2.71. The first-order valence-electron chi connectivity index (χ1n) is 5.72. The predicted octanol–water partition coefficient (Wildman–Crippen LogP) is 1.88. The number of aldehydes is 1. The summed E-state index contributed by atoms with van der Waals surface area (Å²) in [5.74, 6) is 0. The average Bonchev–Trinajstić information content (AvgIpc) is 2.67. The molecule has 0 bridgehead atoms. The molecule has 2 aliphatic heterocycles. The van der Waals surface area contributed by atoms with Crippen molar-refractivity contribution in [1.82, 2.24) is 5.06 Å². The summed E-state index contributed by atoms with van der Waals surface area (Å²) in [6.45, 7) is 2.74. The number of benzene rings is 1. The van der Waals surface area contributed by atoms with E-state index in [0.29, 0.717) is 0 Å². The summed E-state index contributed by atoms with van der Waals surface area (Å²) >= 11 is 0. The maximum atomic E-state index is 11.0. The molecule has 0 radical (unpaired) electrons. The van der Waals surface area contributed by atoms with Crippen molar-refractivity contribution in [2.45, 2.75) is 31.4 Å². The topological polar surface area (TPSA) is 29.5 Å². The first-order valence-corrected chi connectivity index (χ1v) is 5.72. The first kappa shape index (κ1) is 10.00. The quantitative estimate of drug-likeness (QED) is 0.673. The van der Waals surface area contributed by atoms with Crippen LogP contribution in [0.5, 0.6) is 0 Å². The minimum absolute atomic E-state index is 0.250. The summed E-state index contributed by atoms with van der Waals surface area (Å²) in [5, 5.41) is 1.97. The van der Waals surface area contributed by atoms with Crippen LogP contribution in [0.1, 0.15) is 30.5 Å². The lowest BCUT2D eigenvalue weighted by Crippen LogP contribution is -2.32. The summed E-state index contributed by atoms with van der Waals surface area (Å²) in [7, 11) is 0. The number of hydroxylamine groups is 2. The van der Waals surface area contributed by atoms with Gasteiger partial charge in [-0.05, 0) is 24.5 Å². The Morgan fingerprint density at radius 1 is 1.50 bits per heavy atom. The van der Waals surface area contributed by atoms with E-state index in [0.717, 1.165) is 25.7 Å². The molecule has 16 heavy (non-hydrogen) atoms. The molecule has 0 aromatic heterocycles. The second-order valence-corrected chi connectivity index (χ2v) is 4.83. The molecule has 0 aliphatic carbocycles. The molecule has 1 aromatic carbocycles. The van der Waals surface area contributed by atoms with Gasteiger partial charge < -0.3 is 4.79 Å². The maximum absolute atomic E-state index is 11.0. The van der Waals surface area contributed by atoms with Gasteiger partial charge in [0.05, 0.1) is 6.04 Å². The molecule has 0 N–H and O–H groups in total. The van der Waals surface area contributed by atoms with Crippen LogP contribution in [-0.2, 0) is 16.1 Å². The lowest BCUT2D eigenvalue weighted by atomic mass is 9.89. The van der Waals surface area contributed by atoms with Crippen molar-refractivity contribution in [1.29, 1.82) is 0 Å². The molecule has 0 unspecified atom stereocenters.